The van der Waals surface area contributed by atoms with Crippen LogP contribution in [0.3, 0.4) is 0 Å². The van der Waals surface area contributed by atoms with Gasteiger partial charge in [0.1, 0.15) is 5.75 Å². The van der Waals surface area contributed by atoms with Crippen LogP contribution in [0.5, 0.6) is 5.75 Å². The molecule has 0 saturated carbocycles. The van der Waals surface area contributed by atoms with E-state index in [9.17, 15) is 0 Å². The Labute approximate surface area is 71.8 Å². The standard InChI is InChI=1S/C9H12N2O/c1-7-5-8(6-11-10)3-4-9(7)12-2/h3-6H,10H2,1-2H3/b11-6+. The number of hydrogen-bond acceptors (Lipinski definition) is 3. The van der Waals surface area contributed by atoms with Crippen LogP contribution < -0.4 is 10.6 Å². The van der Waals surface area contributed by atoms with Crippen LogP contribution in [0.4, 0.5) is 0 Å². The molecular formula is C9H12N2O. The van der Waals surface area contributed by atoms with Crippen molar-refractivity contribution in [3.05, 3.63) is 29.3 Å². The summed E-state index contributed by atoms with van der Waals surface area (Å²) in [6.45, 7) is 1.98. The van der Waals surface area contributed by atoms with Crippen LogP contribution in [0.1, 0.15) is 11.1 Å². The van der Waals surface area contributed by atoms with Gasteiger partial charge in [0.2, 0.25) is 0 Å². The van der Waals surface area contributed by atoms with Crippen molar-refractivity contribution in [3.8, 4) is 5.75 Å². The van der Waals surface area contributed by atoms with E-state index in [-0.39, 0.29) is 0 Å². The third-order valence-electron chi connectivity index (χ3n) is 1.64. The van der Waals surface area contributed by atoms with Gasteiger partial charge < -0.3 is 10.6 Å². The summed E-state index contributed by atoms with van der Waals surface area (Å²) < 4.78 is 5.10. The van der Waals surface area contributed by atoms with Crippen LogP contribution in [0, 0.1) is 6.92 Å². The number of hydrazone groups is 1. The maximum atomic E-state index is 5.10. The first-order chi connectivity index (χ1) is 5.77. The first-order valence-electron chi connectivity index (χ1n) is 3.66. The van der Waals surface area contributed by atoms with Gasteiger partial charge in [0, 0.05) is 0 Å². The fourth-order valence-electron chi connectivity index (χ4n) is 1.07. The summed E-state index contributed by atoms with van der Waals surface area (Å²) >= 11 is 0. The van der Waals surface area contributed by atoms with Crippen molar-refractivity contribution in [2.45, 2.75) is 6.92 Å². The fraction of sp³-hybridized carbons (Fsp3) is 0.222. The number of hydrogen-bond donors (Lipinski definition) is 1. The molecule has 0 saturated heterocycles. The average molecular weight is 164 g/mol. The summed E-state index contributed by atoms with van der Waals surface area (Å²) in [5.41, 5.74) is 2.06. The summed E-state index contributed by atoms with van der Waals surface area (Å²) in [7, 11) is 1.65. The summed E-state index contributed by atoms with van der Waals surface area (Å²) in [4.78, 5) is 0. The van der Waals surface area contributed by atoms with E-state index >= 15 is 0 Å². The maximum absolute atomic E-state index is 5.10. The smallest absolute Gasteiger partial charge is 0.121 e. The highest BCUT2D eigenvalue weighted by atomic mass is 16.5. The van der Waals surface area contributed by atoms with E-state index in [1.165, 1.54) is 0 Å². The van der Waals surface area contributed by atoms with Gasteiger partial charge in [-0.15, -0.1) is 0 Å². The highest BCUT2D eigenvalue weighted by Gasteiger charge is 1.96. The minimum atomic E-state index is 0.879. The van der Waals surface area contributed by atoms with E-state index in [1.54, 1.807) is 13.3 Å². The lowest BCUT2D eigenvalue weighted by Crippen LogP contribution is -1.90. The van der Waals surface area contributed by atoms with Gasteiger partial charge in [-0.05, 0) is 36.2 Å². The SMILES string of the molecule is COc1ccc(/C=N/N)cc1C. The molecule has 0 radical (unpaired) electrons. The van der Waals surface area contributed by atoms with Gasteiger partial charge in [-0.2, -0.15) is 5.10 Å². The number of aryl methyl sites for hydroxylation is 1. The predicted molar refractivity (Wildman–Crippen MR) is 49.5 cm³/mol. The van der Waals surface area contributed by atoms with E-state index < -0.39 is 0 Å². The Balaban J connectivity index is 3.01. The second-order valence-electron chi connectivity index (χ2n) is 2.51. The number of ether oxygens (including phenoxy) is 1. The van der Waals surface area contributed by atoms with Crippen LogP contribution >= 0.6 is 0 Å². The first kappa shape index (κ1) is 8.59. The van der Waals surface area contributed by atoms with Gasteiger partial charge in [0.05, 0.1) is 13.3 Å². The van der Waals surface area contributed by atoms with Gasteiger partial charge in [0.15, 0.2) is 0 Å². The van der Waals surface area contributed by atoms with Crippen LogP contribution in [0.25, 0.3) is 0 Å². The van der Waals surface area contributed by atoms with E-state index in [0.29, 0.717) is 0 Å². The lowest BCUT2D eigenvalue weighted by atomic mass is 10.1. The Bertz CT molecular complexity index is 295. The van der Waals surface area contributed by atoms with Crippen LogP contribution in [0.2, 0.25) is 0 Å². The molecule has 0 aromatic heterocycles. The molecule has 0 atom stereocenters. The van der Waals surface area contributed by atoms with Gasteiger partial charge >= 0.3 is 0 Å². The van der Waals surface area contributed by atoms with Gasteiger partial charge in [0.25, 0.3) is 0 Å². The highest BCUT2D eigenvalue weighted by molar-refractivity contribution is 5.79. The molecule has 64 valence electrons. The van der Waals surface area contributed by atoms with E-state index in [1.807, 2.05) is 25.1 Å². The largest absolute Gasteiger partial charge is 0.496 e. The summed E-state index contributed by atoms with van der Waals surface area (Å²) in [5.74, 6) is 5.90. The lowest BCUT2D eigenvalue weighted by Gasteiger charge is -2.03. The van der Waals surface area contributed by atoms with Crippen LogP contribution in [0.15, 0.2) is 23.3 Å². The number of methoxy groups -OCH3 is 1. The molecule has 0 aliphatic carbocycles. The first-order valence-corrected chi connectivity index (χ1v) is 3.66. The monoisotopic (exact) mass is 164 g/mol. The Hall–Kier alpha value is -1.51. The maximum Gasteiger partial charge on any atom is 0.121 e. The van der Waals surface area contributed by atoms with Crippen molar-refractivity contribution < 1.29 is 4.74 Å². The summed E-state index contributed by atoms with van der Waals surface area (Å²) in [6.07, 6.45) is 1.60. The van der Waals surface area contributed by atoms with Crippen molar-refractivity contribution in [1.82, 2.24) is 0 Å². The molecule has 1 aromatic rings. The topological polar surface area (TPSA) is 47.6 Å². The Kier molecular flexibility index (Phi) is 2.69. The summed E-state index contributed by atoms with van der Waals surface area (Å²) in [6, 6.07) is 5.77. The molecule has 0 unspecified atom stereocenters. The quantitative estimate of drug-likeness (QED) is 0.407. The van der Waals surface area contributed by atoms with E-state index in [2.05, 4.69) is 5.10 Å². The van der Waals surface area contributed by atoms with Crippen molar-refractivity contribution in [2.75, 3.05) is 7.11 Å². The third kappa shape index (κ3) is 1.75. The molecular weight excluding hydrogens is 152 g/mol. The molecule has 0 aliphatic rings. The van der Waals surface area contributed by atoms with Crippen molar-refractivity contribution in [1.29, 1.82) is 0 Å². The molecule has 0 spiro atoms. The van der Waals surface area contributed by atoms with Crippen LogP contribution in [-0.2, 0) is 0 Å². The number of nitrogens with zero attached hydrogens (tertiary/aromatic N) is 1. The zero-order valence-corrected chi connectivity index (χ0v) is 7.24. The molecule has 0 fully saturated rings. The lowest BCUT2D eigenvalue weighted by molar-refractivity contribution is 0.411. The Morgan fingerprint density at radius 1 is 1.50 bits per heavy atom. The third-order valence-corrected chi connectivity index (χ3v) is 1.64. The molecule has 0 heterocycles. The van der Waals surface area contributed by atoms with Crippen molar-refractivity contribution in [2.24, 2.45) is 10.9 Å². The minimum absolute atomic E-state index is 0.879. The second-order valence-corrected chi connectivity index (χ2v) is 2.51. The Morgan fingerprint density at radius 3 is 2.75 bits per heavy atom. The zero-order chi connectivity index (χ0) is 8.97. The summed E-state index contributed by atoms with van der Waals surface area (Å²) in [5, 5.41) is 3.44. The van der Waals surface area contributed by atoms with Gasteiger partial charge in [-0.3, -0.25) is 0 Å². The normalized spacial score (nSPS) is 10.5. The number of benzene rings is 1. The second kappa shape index (κ2) is 3.76. The van der Waals surface area contributed by atoms with Gasteiger partial charge in [-0.25, -0.2) is 0 Å². The minimum Gasteiger partial charge on any atom is -0.496 e. The highest BCUT2D eigenvalue weighted by Crippen LogP contribution is 2.17. The molecule has 3 nitrogen and oxygen atoms in total. The molecule has 1 rings (SSSR count). The molecule has 12 heavy (non-hydrogen) atoms. The Morgan fingerprint density at radius 2 is 2.25 bits per heavy atom. The number of nitrogens with two attached hydrogens (primary N) is 1. The molecule has 2 N–H and O–H groups in total. The predicted octanol–water partition coefficient (Wildman–Crippen LogP) is 1.30. The van der Waals surface area contributed by atoms with Crippen LogP contribution in [-0.4, -0.2) is 13.3 Å². The molecule has 0 aliphatic heterocycles. The molecule has 0 amide bonds. The number of rotatable bonds is 2. The molecule has 0 bridgehead atoms. The van der Waals surface area contributed by atoms with Crippen molar-refractivity contribution in [3.63, 3.8) is 0 Å². The van der Waals surface area contributed by atoms with E-state index in [4.69, 9.17) is 10.6 Å². The van der Waals surface area contributed by atoms with E-state index in [0.717, 1.165) is 16.9 Å². The van der Waals surface area contributed by atoms with Gasteiger partial charge in [-0.1, -0.05) is 0 Å². The fourth-order valence-corrected chi connectivity index (χ4v) is 1.07. The molecule has 3 heteroatoms. The van der Waals surface area contributed by atoms with Crippen molar-refractivity contribution >= 4 is 6.21 Å². The zero-order valence-electron chi connectivity index (χ0n) is 7.24. The molecule has 1 aromatic carbocycles. The average Bonchev–Trinajstić information content (AvgIpc) is 2.05.